The van der Waals surface area contributed by atoms with Gasteiger partial charge in [0.05, 0.1) is 28.1 Å². The first-order valence-electron chi connectivity index (χ1n) is 11.0. The van der Waals surface area contributed by atoms with Crippen LogP contribution in [0.25, 0.3) is 11.3 Å². The van der Waals surface area contributed by atoms with Gasteiger partial charge in [0.1, 0.15) is 11.9 Å². The van der Waals surface area contributed by atoms with Crippen molar-refractivity contribution in [3.63, 3.8) is 0 Å². The molecule has 0 radical (unpaired) electrons. The summed E-state index contributed by atoms with van der Waals surface area (Å²) in [7, 11) is 1.56. The van der Waals surface area contributed by atoms with Crippen LogP contribution in [0.4, 0.5) is 10.6 Å². The fourth-order valence-electron chi connectivity index (χ4n) is 4.19. The summed E-state index contributed by atoms with van der Waals surface area (Å²) in [4.78, 5) is 21.9. The largest absolute Gasteiger partial charge is 0.443 e. The van der Waals surface area contributed by atoms with Crippen LogP contribution in [0, 0.1) is 0 Å². The molecule has 1 aromatic heterocycles. The molecule has 2 atom stereocenters. The van der Waals surface area contributed by atoms with Crippen molar-refractivity contribution in [2.24, 2.45) is 0 Å². The second-order valence-electron chi connectivity index (χ2n) is 7.86. The molecule has 1 aliphatic rings. The summed E-state index contributed by atoms with van der Waals surface area (Å²) in [6.45, 7) is 4.07. The van der Waals surface area contributed by atoms with Crippen molar-refractivity contribution >= 4 is 35.1 Å². The van der Waals surface area contributed by atoms with Crippen LogP contribution in [0.5, 0.6) is 0 Å². The number of halogens is 2. The van der Waals surface area contributed by atoms with Crippen molar-refractivity contribution < 1.29 is 9.53 Å². The van der Waals surface area contributed by atoms with Gasteiger partial charge in [0.15, 0.2) is 0 Å². The normalized spacial score (nSPS) is 16.9. The molecule has 2 N–H and O–H groups in total. The van der Waals surface area contributed by atoms with Crippen molar-refractivity contribution in [3.8, 4) is 11.3 Å². The predicted octanol–water partition coefficient (Wildman–Crippen LogP) is 6.01. The van der Waals surface area contributed by atoms with Crippen LogP contribution in [0.3, 0.4) is 0 Å². The molecule has 8 heteroatoms. The zero-order valence-corrected chi connectivity index (χ0v) is 20.3. The molecule has 3 aromatic rings. The summed E-state index contributed by atoms with van der Waals surface area (Å²) in [5.74, 6) is 0.690. The van der Waals surface area contributed by atoms with E-state index in [0.29, 0.717) is 35.1 Å². The number of hydrogen-bond acceptors (Lipinski definition) is 5. The molecule has 0 saturated heterocycles. The van der Waals surface area contributed by atoms with Crippen LogP contribution in [0.15, 0.2) is 42.5 Å². The van der Waals surface area contributed by atoms with E-state index in [-0.39, 0.29) is 12.1 Å². The van der Waals surface area contributed by atoms with Crippen molar-refractivity contribution in [1.29, 1.82) is 0 Å². The molecular formula is C25H26Cl2N4O2. The van der Waals surface area contributed by atoms with Gasteiger partial charge in [-0.05, 0) is 42.2 Å². The number of ether oxygens (including phenoxy) is 1. The maximum Gasteiger partial charge on any atom is 0.407 e. The molecule has 0 saturated carbocycles. The highest BCUT2D eigenvalue weighted by Gasteiger charge is 2.36. The Morgan fingerprint density at radius 3 is 2.55 bits per heavy atom. The molecule has 1 amide bonds. The van der Waals surface area contributed by atoms with Crippen LogP contribution in [0.1, 0.15) is 42.4 Å². The van der Waals surface area contributed by atoms with E-state index in [1.807, 2.05) is 32.0 Å². The lowest BCUT2D eigenvalue weighted by molar-refractivity contribution is 0.0944. The summed E-state index contributed by atoms with van der Waals surface area (Å²) in [5.41, 5.74) is 5.45. The van der Waals surface area contributed by atoms with Crippen molar-refractivity contribution in [2.75, 3.05) is 12.4 Å². The van der Waals surface area contributed by atoms with Crippen LogP contribution in [0.2, 0.25) is 10.0 Å². The van der Waals surface area contributed by atoms with Gasteiger partial charge in [-0.3, -0.25) is 0 Å². The third-order valence-electron chi connectivity index (χ3n) is 5.83. The monoisotopic (exact) mass is 484 g/mol. The van der Waals surface area contributed by atoms with E-state index in [2.05, 4.69) is 22.8 Å². The number of carbonyl (C=O) groups is 1. The highest BCUT2D eigenvalue weighted by Crippen LogP contribution is 2.38. The molecule has 0 spiro atoms. The molecule has 1 heterocycles. The van der Waals surface area contributed by atoms with Gasteiger partial charge in [0.2, 0.25) is 0 Å². The number of fused-ring (bicyclic) bond motifs is 1. The third kappa shape index (κ3) is 4.77. The molecule has 2 aromatic carbocycles. The molecule has 0 fully saturated rings. The number of alkyl carbamates (subject to hydrolysis) is 1. The minimum absolute atomic E-state index is 0.229. The number of amides is 1. The van der Waals surface area contributed by atoms with Gasteiger partial charge < -0.3 is 15.4 Å². The number of aryl methyl sites for hydroxylation is 2. The van der Waals surface area contributed by atoms with Gasteiger partial charge in [0, 0.05) is 24.1 Å². The lowest BCUT2D eigenvalue weighted by atomic mass is 10.1. The van der Waals surface area contributed by atoms with Crippen LogP contribution in [-0.2, 0) is 24.0 Å². The first kappa shape index (κ1) is 23.3. The fraction of sp³-hybridized carbons (Fsp3) is 0.320. The van der Waals surface area contributed by atoms with E-state index in [1.165, 1.54) is 0 Å². The SMILES string of the molecule is CCc1nc(-c2ccc(Cl)cc2Cl)c(CC)nc1N[C@H]1c2ccccc2C[C@@H]1OC(=O)NC. The number of carbonyl (C=O) groups excluding carboxylic acids is 1. The average molecular weight is 485 g/mol. The van der Waals surface area contributed by atoms with E-state index < -0.39 is 6.09 Å². The number of nitrogens with one attached hydrogen (secondary N) is 2. The highest BCUT2D eigenvalue weighted by molar-refractivity contribution is 6.36. The maximum atomic E-state index is 12.0. The minimum atomic E-state index is -0.455. The Morgan fingerprint density at radius 2 is 1.85 bits per heavy atom. The topological polar surface area (TPSA) is 76.1 Å². The Balaban J connectivity index is 1.74. The molecule has 1 aliphatic carbocycles. The summed E-state index contributed by atoms with van der Waals surface area (Å²) >= 11 is 12.6. The van der Waals surface area contributed by atoms with Gasteiger partial charge in [-0.2, -0.15) is 0 Å². The van der Waals surface area contributed by atoms with E-state index in [1.54, 1.807) is 19.2 Å². The Bertz CT molecular complexity index is 1190. The molecular weight excluding hydrogens is 459 g/mol. The fourth-order valence-corrected chi connectivity index (χ4v) is 4.69. The van der Waals surface area contributed by atoms with E-state index in [9.17, 15) is 4.79 Å². The first-order chi connectivity index (χ1) is 15.9. The zero-order valence-electron chi connectivity index (χ0n) is 18.8. The zero-order chi connectivity index (χ0) is 23.5. The second kappa shape index (κ2) is 9.98. The standard InChI is InChI=1S/C25H26Cl2N4O2/c1-4-19-22(17-11-10-15(26)13-18(17)27)29-20(5-2)24(30-19)31-23-16-9-7-6-8-14(16)12-21(23)33-25(32)28-3/h6-11,13,21,23H,4-5,12H2,1-3H3,(H,28,32)(H,30,31)/t21-,23-/m0/s1. The molecule has 4 rings (SSSR count). The van der Waals surface area contributed by atoms with Crippen molar-refractivity contribution in [2.45, 2.75) is 45.3 Å². The number of rotatable bonds is 6. The lowest BCUT2D eigenvalue weighted by Gasteiger charge is -2.24. The van der Waals surface area contributed by atoms with E-state index in [4.69, 9.17) is 37.9 Å². The number of nitrogens with zero attached hydrogens (tertiary/aromatic N) is 2. The molecule has 6 nitrogen and oxygen atoms in total. The van der Waals surface area contributed by atoms with E-state index >= 15 is 0 Å². The average Bonchev–Trinajstić information content (AvgIpc) is 3.15. The van der Waals surface area contributed by atoms with Crippen molar-refractivity contribution in [3.05, 3.63) is 75.0 Å². The predicted molar refractivity (Wildman–Crippen MR) is 132 cm³/mol. The Hall–Kier alpha value is -2.83. The Morgan fingerprint density at radius 1 is 1.09 bits per heavy atom. The maximum absolute atomic E-state index is 12.0. The molecule has 0 unspecified atom stereocenters. The molecule has 33 heavy (non-hydrogen) atoms. The number of aromatic nitrogens is 2. The lowest BCUT2D eigenvalue weighted by Crippen LogP contribution is -2.32. The summed E-state index contributed by atoms with van der Waals surface area (Å²) < 4.78 is 5.69. The summed E-state index contributed by atoms with van der Waals surface area (Å²) in [6.07, 6.45) is 1.18. The number of anilines is 1. The van der Waals surface area contributed by atoms with Crippen molar-refractivity contribution in [1.82, 2.24) is 15.3 Å². The summed E-state index contributed by atoms with van der Waals surface area (Å²) in [6, 6.07) is 13.3. The first-order valence-corrected chi connectivity index (χ1v) is 11.8. The number of benzene rings is 2. The van der Waals surface area contributed by atoms with Crippen LogP contribution >= 0.6 is 23.2 Å². The Kier molecular flexibility index (Phi) is 7.05. The second-order valence-corrected chi connectivity index (χ2v) is 8.71. The van der Waals surface area contributed by atoms with Gasteiger partial charge in [-0.25, -0.2) is 14.8 Å². The molecule has 172 valence electrons. The third-order valence-corrected chi connectivity index (χ3v) is 6.38. The quantitative estimate of drug-likeness (QED) is 0.447. The van der Waals surface area contributed by atoms with Gasteiger partial charge in [0.25, 0.3) is 0 Å². The smallest absolute Gasteiger partial charge is 0.407 e. The molecule has 0 aliphatic heterocycles. The van der Waals surface area contributed by atoms with Crippen LogP contribution < -0.4 is 10.6 Å². The van der Waals surface area contributed by atoms with Gasteiger partial charge in [-0.1, -0.05) is 61.3 Å². The van der Waals surface area contributed by atoms with E-state index in [0.717, 1.165) is 33.8 Å². The Labute approximate surface area is 203 Å². The number of hydrogen-bond donors (Lipinski definition) is 2. The highest BCUT2D eigenvalue weighted by atomic mass is 35.5. The minimum Gasteiger partial charge on any atom is -0.443 e. The van der Waals surface area contributed by atoms with Gasteiger partial charge >= 0.3 is 6.09 Å². The molecule has 0 bridgehead atoms. The van der Waals surface area contributed by atoms with Gasteiger partial charge in [-0.15, -0.1) is 0 Å². The summed E-state index contributed by atoms with van der Waals surface area (Å²) in [5, 5.41) is 7.20. The van der Waals surface area contributed by atoms with Crippen LogP contribution in [-0.4, -0.2) is 29.2 Å².